The molecule has 0 unspecified atom stereocenters. The van der Waals surface area contributed by atoms with Gasteiger partial charge in [-0.3, -0.25) is 10.4 Å². The second-order valence-corrected chi connectivity index (χ2v) is 6.80. The average molecular weight is 384 g/mol. The number of urea groups is 1. The summed E-state index contributed by atoms with van der Waals surface area (Å²) >= 11 is 0. The van der Waals surface area contributed by atoms with Crippen molar-refractivity contribution in [1.82, 2.24) is 26.1 Å². The topological polar surface area (TPSA) is 106 Å². The van der Waals surface area contributed by atoms with E-state index in [1.54, 1.807) is 12.1 Å². The zero-order valence-electron chi connectivity index (χ0n) is 15.9. The summed E-state index contributed by atoms with van der Waals surface area (Å²) in [6.45, 7) is 2.47. The van der Waals surface area contributed by atoms with Gasteiger partial charge in [0, 0.05) is 23.7 Å². The minimum absolute atomic E-state index is 0.105. The van der Waals surface area contributed by atoms with Crippen LogP contribution < -0.4 is 16.0 Å². The molecule has 0 bridgehead atoms. The van der Waals surface area contributed by atoms with E-state index in [2.05, 4.69) is 32.2 Å². The summed E-state index contributed by atoms with van der Waals surface area (Å²) in [5.41, 5.74) is 5.26. The Morgan fingerprint density at radius 3 is 2.66 bits per heavy atom. The number of hydrogen-bond donors (Lipinski definition) is 4. The van der Waals surface area contributed by atoms with Crippen LogP contribution in [-0.4, -0.2) is 16.2 Å². The van der Waals surface area contributed by atoms with Crippen LogP contribution in [0.3, 0.4) is 0 Å². The molecule has 1 aliphatic heterocycles. The Labute approximate surface area is 168 Å². The zero-order chi connectivity index (χ0) is 20.2. The van der Waals surface area contributed by atoms with Gasteiger partial charge in [-0.15, -0.1) is 0 Å². The molecule has 4 N–H and O–H groups in total. The van der Waals surface area contributed by atoms with Gasteiger partial charge in [0.05, 0.1) is 29.1 Å². The molecule has 3 aromatic rings. The van der Waals surface area contributed by atoms with Crippen molar-refractivity contribution in [2.75, 3.05) is 0 Å². The van der Waals surface area contributed by atoms with Crippen LogP contribution in [0.2, 0.25) is 0 Å². The van der Waals surface area contributed by atoms with Gasteiger partial charge in [0.15, 0.2) is 0 Å². The number of amides is 2. The molecular formula is C22H20N6O. The molecule has 7 nitrogen and oxygen atoms in total. The number of nitriles is 1. The summed E-state index contributed by atoms with van der Waals surface area (Å²) in [5, 5.41) is 25.3. The lowest BCUT2D eigenvalue weighted by Crippen LogP contribution is -2.40. The van der Waals surface area contributed by atoms with Crippen LogP contribution in [-0.2, 0) is 6.54 Å². The summed E-state index contributed by atoms with van der Waals surface area (Å²) in [6.07, 6.45) is 1.83. The Kier molecular flexibility index (Phi) is 4.99. The highest BCUT2D eigenvalue weighted by Crippen LogP contribution is 2.27. The van der Waals surface area contributed by atoms with Crippen LogP contribution in [0.4, 0.5) is 4.79 Å². The third kappa shape index (κ3) is 3.96. The van der Waals surface area contributed by atoms with Gasteiger partial charge in [-0.25, -0.2) is 4.79 Å². The Morgan fingerprint density at radius 2 is 1.93 bits per heavy atom. The molecule has 0 saturated heterocycles. The van der Waals surface area contributed by atoms with Crippen LogP contribution in [0, 0.1) is 11.3 Å². The maximum atomic E-state index is 12.3. The van der Waals surface area contributed by atoms with E-state index < -0.39 is 0 Å². The van der Waals surface area contributed by atoms with Crippen molar-refractivity contribution in [1.29, 1.82) is 5.26 Å². The van der Waals surface area contributed by atoms with E-state index in [-0.39, 0.29) is 12.1 Å². The molecule has 1 aliphatic rings. The molecule has 29 heavy (non-hydrogen) atoms. The lowest BCUT2D eigenvalue weighted by Gasteiger charge is -2.20. The molecule has 7 heteroatoms. The summed E-state index contributed by atoms with van der Waals surface area (Å²) in [5.74, 6) is 0.602. The molecular weight excluding hydrogens is 364 g/mol. The molecule has 1 atom stereocenters. The van der Waals surface area contributed by atoms with Crippen molar-refractivity contribution in [2.24, 2.45) is 0 Å². The third-order valence-electron chi connectivity index (χ3n) is 4.83. The van der Waals surface area contributed by atoms with Gasteiger partial charge in [-0.2, -0.15) is 10.4 Å². The first kappa shape index (κ1) is 18.3. The first-order valence-electron chi connectivity index (χ1n) is 9.30. The Bertz CT molecular complexity index is 1090. The monoisotopic (exact) mass is 384 g/mol. The minimum atomic E-state index is -0.282. The molecule has 1 aromatic heterocycles. The number of hydrogen-bond acceptors (Lipinski definition) is 4. The number of nitrogens with zero attached hydrogens (tertiary/aromatic N) is 2. The molecule has 2 aromatic carbocycles. The van der Waals surface area contributed by atoms with E-state index in [1.165, 1.54) is 0 Å². The highest BCUT2D eigenvalue weighted by atomic mass is 16.2. The van der Waals surface area contributed by atoms with Crippen molar-refractivity contribution in [3.05, 3.63) is 82.8 Å². The lowest BCUT2D eigenvalue weighted by molar-refractivity contribution is 0.239. The number of carbonyl (C=O) groups is 1. The average Bonchev–Trinajstić information content (AvgIpc) is 3.17. The molecule has 0 spiro atoms. The molecule has 0 aliphatic carbocycles. The fourth-order valence-electron chi connectivity index (χ4n) is 3.26. The molecule has 0 radical (unpaired) electrons. The van der Waals surface area contributed by atoms with E-state index in [0.717, 1.165) is 28.1 Å². The summed E-state index contributed by atoms with van der Waals surface area (Å²) in [6, 6.07) is 18.8. The molecule has 2 heterocycles. The number of benzene rings is 2. The minimum Gasteiger partial charge on any atom is -0.367 e. The zero-order valence-corrected chi connectivity index (χ0v) is 15.9. The fraction of sp³-hybridized carbons (Fsp3) is 0.136. The second-order valence-electron chi connectivity index (χ2n) is 6.80. The van der Waals surface area contributed by atoms with Gasteiger partial charge < -0.3 is 10.6 Å². The van der Waals surface area contributed by atoms with Crippen LogP contribution in [0.25, 0.3) is 17.3 Å². The van der Waals surface area contributed by atoms with Crippen LogP contribution in [0.15, 0.2) is 60.4 Å². The number of fused-ring (bicyclic) bond motifs is 1. The normalized spacial score (nSPS) is 13.3. The Hall–Kier alpha value is -4.05. The maximum Gasteiger partial charge on any atom is 0.320 e. The summed E-state index contributed by atoms with van der Waals surface area (Å²) < 4.78 is 0. The maximum absolute atomic E-state index is 12.3. The summed E-state index contributed by atoms with van der Waals surface area (Å²) in [7, 11) is 0. The van der Waals surface area contributed by atoms with E-state index in [4.69, 9.17) is 5.26 Å². The van der Waals surface area contributed by atoms with Gasteiger partial charge in [0.1, 0.15) is 5.82 Å². The highest BCUT2D eigenvalue weighted by Gasteiger charge is 2.19. The SMILES string of the molecule is C[C@@H](NC(=O)NC1=Cc2[nH]nc(-c3ccc(C#N)cc3)c2CN1)c1ccccc1. The first-order chi connectivity index (χ1) is 14.1. The molecule has 0 saturated carbocycles. The standard InChI is InChI=1S/C22H20N6O/c1-14(16-5-3-2-4-6-16)25-22(29)26-20-11-19-18(13-24-20)21(28-27-19)17-9-7-15(12-23)8-10-17/h2-11,14,24H,13H2,1H3,(H,27,28)(H2,25,26,29)/t14-/m1/s1. The van der Waals surface area contributed by atoms with E-state index in [9.17, 15) is 4.79 Å². The number of nitrogens with one attached hydrogen (secondary N) is 4. The number of H-pyrrole nitrogens is 1. The predicted molar refractivity (Wildman–Crippen MR) is 110 cm³/mol. The van der Waals surface area contributed by atoms with E-state index in [1.807, 2.05) is 55.5 Å². The predicted octanol–water partition coefficient (Wildman–Crippen LogP) is 3.41. The van der Waals surface area contributed by atoms with Crippen LogP contribution in [0.5, 0.6) is 0 Å². The molecule has 4 rings (SSSR count). The van der Waals surface area contributed by atoms with Crippen molar-refractivity contribution >= 4 is 12.1 Å². The Balaban J connectivity index is 1.45. The third-order valence-corrected chi connectivity index (χ3v) is 4.83. The Morgan fingerprint density at radius 1 is 1.17 bits per heavy atom. The van der Waals surface area contributed by atoms with Gasteiger partial charge in [-0.05, 0) is 24.6 Å². The lowest BCUT2D eigenvalue weighted by atomic mass is 10.0. The largest absolute Gasteiger partial charge is 0.367 e. The van der Waals surface area contributed by atoms with E-state index in [0.29, 0.717) is 17.9 Å². The summed E-state index contributed by atoms with van der Waals surface area (Å²) in [4.78, 5) is 12.3. The van der Waals surface area contributed by atoms with Crippen LogP contribution in [0.1, 0.15) is 35.3 Å². The van der Waals surface area contributed by atoms with Crippen molar-refractivity contribution in [3.63, 3.8) is 0 Å². The van der Waals surface area contributed by atoms with Crippen molar-refractivity contribution in [3.8, 4) is 17.3 Å². The van der Waals surface area contributed by atoms with Gasteiger partial charge >= 0.3 is 6.03 Å². The van der Waals surface area contributed by atoms with Crippen molar-refractivity contribution < 1.29 is 4.79 Å². The van der Waals surface area contributed by atoms with Gasteiger partial charge in [-0.1, -0.05) is 42.5 Å². The first-order valence-corrected chi connectivity index (χ1v) is 9.30. The quantitative estimate of drug-likeness (QED) is 0.553. The smallest absolute Gasteiger partial charge is 0.320 e. The number of carbonyl (C=O) groups excluding carboxylic acids is 1. The number of aromatic nitrogens is 2. The molecule has 144 valence electrons. The fourth-order valence-corrected chi connectivity index (χ4v) is 3.26. The van der Waals surface area contributed by atoms with Gasteiger partial charge in [0.25, 0.3) is 0 Å². The van der Waals surface area contributed by atoms with E-state index >= 15 is 0 Å². The molecule has 0 fully saturated rings. The highest BCUT2D eigenvalue weighted by molar-refractivity contribution is 5.78. The number of rotatable bonds is 4. The molecule has 2 amide bonds. The van der Waals surface area contributed by atoms with Gasteiger partial charge in [0.2, 0.25) is 0 Å². The second kappa shape index (κ2) is 7.90. The number of aromatic amines is 1. The van der Waals surface area contributed by atoms with Crippen LogP contribution >= 0.6 is 0 Å². The van der Waals surface area contributed by atoms with Crippen molar-refractivity contribution in [2.45, 2.75) is 19.5 Å².